The van der Waals surface area contributed by atoms with E-state index in [0.717, 1.165) is 13.7 Å². The van der Waals surface area contributed by atoms with Gasteiger partial charge in [-0.05, 0) is 13.8 Å². The van der Waals surface area contributed by atoms with Gasteiger partial charge in [0.05, 0.1) is 25.9 Å². The predicted octanol–water partition coefficient (Wildman–Crippen LogP) is -2.53. The van der Waals surface area contributed by atoms with Crippen molar-refractivity contribution in [3.05, 3.63) is 77.6 Å². The molecule has 0 spiro atoms. The Balaban J connectivity index is 1.12. The first-order valence-corrected chi connectivity index (χ1v) is 20.0. The van der Waals surface area contributed by atoms with Crippen LogP contribution in [0.2, 0.25) is 0 Å². The van der Waals surface area contributed by atoms with Gasteiger partial charge >= 0.3 is 32.7 Å². The standard InChI is InChI=1S/C29H40N8O17P2/c1-13-8-36(28(42)33-25(13)31)24-6-16(18(10-38)50-24)53-56(46,47)49-12-20-17(7-23(52-20)35-4-3-21(30)32-27(35)41)54-55(44,45)48-11-19-15(39)5-22(51-19)37-9-14(2)26(40)34-29(37)43/h3-4,8-9,15-20,22-24,38-39H,5-7,10-12H2,1-2H3,(H7,30,31,32,33,34,40,41,42,43,44,45,46,47)/p+1/t15-,16-,17-,18+,19+,20+,22+,23+,24+/m0/s1. The Morgan fingerprint density at radius 3 is 2.14 bits per heavy atom. The maximum absolute atomic E-state index is 13.2. The van der Waals surface area contributed by atoms with Crippen LogP contribution in [0.5, 0.6) is 0 Å². The van der Waals surface area contributed by atoms with Crippen LogP contribution in [-0.4, -0.2) is 101 Å². The van der Waals surface area contributed by atoms with Crippen LogP contribution in [-0.2, 0) is 41.4 Å². The number of nitrogens with zero attached hydrogens (tertiary/aromatic N) is 4. The van der Waals surface area contributed by atoms with Gasteiger partial charge in [-0.3, -0.25) is 37.0 Å². The largest absolute Gasteiger partial charge is 0.499 e. The van der Waals surface area contributed by atoms with E-state index in [1.807, 2.05) is 0 Å². The zero-order chi connectivity index (χ0) is 40.7. The van der Waals surface area contributed by atoms with Crippen LogP contribution in [0.15, 0.2) is 43.8 Å². The van der Waals surface area contributed by atoms with E-state index in [1.165, 1.54) is 31.6 Å². The second-order valence-electron chi connectivity index (χ2n) is 13.2. The molecule has 6 heterocycles. The molecule has 0 radical (unpaired) electrons. The van der Waals surface area contributed by atoms with Crippen molar-refractivity contribution in [1.29, 1.82) is 0 Å². The van der Waals surface area contributed by atoms with E-state index < -0.39 is 113 Å². The van der Waals surface area contributed by atoms with E-state index in [-0.39, 0.29) is 36.5 Å². The number of hydrogen-bond donors (Lipinski definition) is 8. The van der Waals surface area contributed by atoms with Gasteiger partial charge in [-0.1, -0.05) is 0 Å². The molecule has 27 heteroatoms. The maximum atomic E-state index is 13.2. The van der Waals surface area contributed by atoms with Gasteiger partial charge in [0.15, 0.2) is 5.82 Å². The summed E-state index contributed by atoms with van der Waals surface area (Å²) in [5.41, 5.74) is 9.08. The van der Waals surface area contributed by atoms with Gasteiger partial charge in [0.25, 0.3) is 5.56 Å². The molecule has 25 nitrogen and oxygen atoms in total. The number of aryl methyl sites for hydroxylation is 2. The van der Waals surface area contributed by atoms with Crippen molar-refractivity contribution >= 4 is 27.3 Å². The number of hydrogen-bond acceptors (Lipinski definition) is 18. The van der Waals surface area contributed by atoms with E-state index >= 15 is 0 Å². The quantitative estimate of drug-likeness (QED) is 0.0613. The second-order valence-corrected chi connectivity index (χ2v) is 16.1. The highest BCUT2D eigenvalue weighted by atomic mass is 31.2. The summed E-state index contributed by atoms with van der Waals surface area (Å²) in [6.07, 6.45) is -7.84. The molecule has 56 heavy (non-hydrogen) atoms. The molecular formula is C29H41N8O17P2+. The fraction of sp³-hybridized carbons (Fsp3) is 0.586. The van der Waals surface area contributed by atoms with Crippen molar-refractivity contribution < 1.29 is 66.0 Å². The Bertz CT molecular complexity index is 2270. The SMILES string of the molecule is Cc1cn([C@H]2C[C@H](OP(=O)(O)OC[C@H]3O[C@@H]([n+]4ccc(N)[nH]c4=O)C[C@@H]3OP(=O)(O)OC[C@H]3O[C@@H](n4cc(C)c(=O)[nH]c4=O)C[C@@H]3O)[C@@H](CO)O2)c(=O)nc1N. The molecule has 6 rings (SSSR count). The fourth-order valence-electron chi connectivity index (χ4n) is 6.32. The third kappa shape index (κ3) is 9.43. The number of rotatable bonds is 14. The number of nitrogens with one attached hydrogen (secondary N) is 2. The highest BCUT2D eigenvalue weighted by molar-refractivity contribution is 7.47. The lowest BCUT2D eigenvalue weighted by Gasteiger charge is -2.24. The summed E-state index contributed by atoms with van der Waals surface area (Å²) in [6, 6.07) is 1.34. The minimum absolute atomic E-state index is 0.000673. The average Bonchev–Trinajstić information content (AvgIpc) is 3.82. The molecule has 0 bridgehead atoms. The molecule has 308 valence electrons. The number of nitrogen functional groups attached to an aromatic ring is 2. The van der Waals surface area contributed by atoms with Gasteiger partial charge in [-0.25, -0.2) is 18.7 Å². The first-order chi connectivity index (χ1) is 26.3. The minimum Gasteiger partial charge on any atom is -0.394 e. The molecule has 0 aliphatic carbocycles. The summed E-state index contributed by atoms with van der Waals surface area (Å²) >= 11 is 0. The highest BCUT2D eigenvalue weighted by Crippen LogP contribution is 2.51. The monoisotopic (exact) mass is 835 g/mol. The number of aromatic nitrogens is 6. The van der Waals surface area contributed by atoms with E-state index in [1.54, 1.807) is 6.92 Å². The Kier molecular flexibility index (Phi) is 12.3. The predicted molar refractivity (Wildman–Crippen MR) is 185 cm³/mol. The normalized spacial score (nSPS) is 30.0. The van der Waals surface area contributed by atoms with Crippen LogP contribution in [0.4, 0.5) is 11.6 Å². The fourth-order valence-corrected chi connectivity index (χ4v) is 8.24. The lowest BCUT2D eigenvalue weighted by Crippen LogP contribution is -2.54. The molecule has 3 aliphatic heterocycles. The average molecular weight is 836 g/mol. The highest BCUT2D eigenvalue weighted by Gasteiger charge is 2.47. The van der Waals surface area contributed by atoms with Crippen LogP contribution in [0.3, 0.4) is 0 Å². The van der Waals surface area contributed by atoms with Gasteiger partial charge in [-0.2, -0.15) is 19.3 Å². The summed E-state index contributed by atoms with van der Waals surface area (Å²) < 4.78 is 67.9. The summed E-state index contributed by atoms with van der Waals surface area (Å²) in [4.78, 5) is 78.8. The van der Waals surface area contributed by atoms with Crippen molar-refractivity contribution in [3.8, 4) is 0 Å². The van der Waals surface area contributed by atoms with Crippen LogP contribution in [0.1, 0.15) is 49.1 Å². The number of aliphatic hydroxyl groups excluding tert-OH is 2. The molecule has 0 aromatic carbocycles. The second kappa shape index (κ2) is 16.5. The van der Waals surface area contributed by atoms with Crippen molar-refractivity contribution in [1.82, 2.24) is 24.1 Å². The molecule has 11 atom stereocenters. The van der Waals surface area contributed by atoms with Gasteiger partial charge in [-0.15, -0.1) is 0 Å². The van der Waals surface area contributed by atoms with Crippen molar-refractivity contribution in [2.24, 2.45) is 0 Å². The van der Waals surface area contributed by atoms with Crippen LogP contribution >= 0.6 is 15.6 Å². The van der Waals surface area contributed by atoms with E-state index in [9.17, 15) is 48.3 Å². The lowest BCUT2D eigenvalue weighted by atomic mass is 10.2. The van der Waals surface area contributed by atoms with E-state index in [0.29, 0.717) is 5.56 Å². The van der Waals surface area contributed by atoms with E-state index in [2.05, 4.69) is 15.0 Å². The smallest absolute Gasteiger partial charge is 0.394 e. The lowest BCUT2D eigenvalue weighted by molar-refractivity contribution is -0.773. The molecular weight excluding hydrogens is 794 g/mol. The molecule has 0 saturated carbocycles. The molecule has 3 aromatic heterocycles. The summed E-state index contributed by atoms with van der Waals surface area (Å²) in [6.45, 7) is 0.866. The first kappa shape index (κ1) is 41.7. The third-order valence-electron chi connectivity index (χ3n) is 9.24. The Labute approximate surface area is 314 Å². The maximum Gasteiger partial charge on any atom is 0.499 e. The topological polar surface area (TPSA) is 358 Å². The number of ether oxygens (including phenoxy) is 3. The number of aliphatic hydroxyl groups is 2. The molecule has 0 amide bonds. The third-order valence-corrected chi connectivity index (χ3v) is 11.3. The van der Waals surface area contributed by atoms with Crippen molar-refractivity contribution in [2.75, 3.05) is 31.3 Å². The van der Waals surface area contributed by atoms with Gasteiger partial charge in [0.1, 0.15) is 55.0 Å². The Hall–Kier alpha value is -3.94. The van der Waals surface area contributed by atoms with Gasteiger partial charge in [0, 0.05) is 48.8 Å². The minimum atomic E-state index is -5.07. The molecule has 10 N–H and O–H groups in total. The van der Waals surface area contributed by atoms with Gasteiger partial charge < -0.3 is 45.7 Å². The number of H-pyrrole nitrogens is 2. The van der Waals surface area contributed by atoms with Crippen LogP contribution in [0.25, 0.3) is 0 Å². The molecule has 3 aliphatic rings. The van der Waals surface area contributed by atoms with Crippen molar-refractivity contribution in [2.45, 2.75) is 88.4 Å². The van der Waals surface area contributed by atoms with Crippen LogP contribution in [0, 0.1) is 13.8 Å². The summed E-state index contributed by atoms with van der Waals surface area (Å²) in [5, 5.41) is 20.4. The Morgan fingerprint density at radius 2 is 1.48 bits per heavy atom. The van der Waals surface area contributed by atoms with Gasteiger partial charge in [0.2, 0.25) is 6.23 Å². The first-order valence-electron chi connectivity index (χ1n) is 17.0. The number of aromatic amines is 2. The molecule has 3 aromatic rings. The van der Waals surface area contributed by atoms with Crippen LogP contribution < -0.4 is 38.7 Å². The number of phosphoric ester groups is 2. The molecule has 2 unspecified atom stereocenters. The van der Waals surface area contributed by atoms with E-state index in [4.69, 9.17) is 43.8 Å². The number of nitrogens with two attached hydrogens (primary N) is 2. The zero-order valence-electron chi connectivity index (χ0n) is 29.7. The number of anilines is 2. The summed E-state index contributed by atoms with van der Waals surface area (Å²) in [7, 11) is -10.1. The van der Waals surface area contributed by atoms with Crippen molar-refractivity contribution in [3.63, 3.8) is 0 Å². The molecule has 3 fully saturated rings. The zero-order valence-corrected chi connectivity index (χ0v) is 31.5. The summed E-state index contributed by atoms with van der Waals surface area (Å²) in [5.74, 6) is 0.0222. The number of phosphoric acid groups is 2. The molecule has 3 saturated heterocycles. The Morgan fingerprint density at radius 1 is 0.875 bits per heavy atom.